The molecule has 0 aliphatic carbocycles. The van der Waals surface area contributed by atoms with Gasteiger partial charge in [-0.15, -0.1) is 10.2 Å². The molecule has 1 N–H and O–H groups in total. The summed E-state index contributed by atoms with van der Waals surface area (Å²) in [6.45, 7) is 4.72. The molecule has 2 atom stereocenters. The molecular formula is C23H24F3N7O. The van der Waals surface area contributed by atoms with Crippen LogP contribution in [0, 0.1) is 12.8 Å². The molecule has 0 radical (unpaired) electrons. The van der Waals surface area contributed by atoms with E-state index in [0.29, 0.717) is 30.2 Å². The van der Waals surface area contributed by atoms with E-state index in [-0.39, 0.29) is 29.4 Å². The van der Waals surface area contributed by atoms with Crippen LogP contribution in [0.5, 0.6) is 0 Å². The van der Waals surface area contributed by atoms with Gasteiger partial charge < -0.3 is 10.2 Å². The van der Waals surface area contributed by atoms with Gasteiger partial charge in [-0.2, -0.15) is 13.2 Å². The predicted molar refractivity (Wildman–Crippen MR) is 119 cm³/mol. The monoisotopic (exact) mass is 471 g/mol. The summed E-state index contributed by atoms with van der Waals surface area (Å²) >= 11 is 0. The average molecular weight is 471 g/mol. The van der Waals surface area contributed by atoms with Crippen LogP contribution >= 0.6 is 0 Å². The van der Waals surface area contributed by atoms with Crippen LogP contribution in [0.4, 0.5) is 19.0 Å². The van der Waals surface area contributed by atoms with Crippen LogP contribution in [0.1, 0.15) is 41.6 Å². The van der Waals surface area contributed by atoms with E-state index < -0.39 is 11.9 Å². The van der Waals surface area contributed by atoms with Crippen LogP contribution in [-0.2, 0) is 6.18 Å². The molecule has 11 heteroatoms. The maximum Gasteiger partial charge on any atom is 0.435 e. The number of aromatic nitrogens is 5. The minimum atomic E-state index is -4.55. The van der Waals surface area contributed by atoms with Crippen LogP contribution in [0.3, 0.4) is 0 Å². The van der Waals surface area contributed by atoms with Gasteiger partial charge >= 0.3 is 6.18 Å². The van der Waals surface area contributed by atoms with Gasteiger partial charge in [0, 0.05) is 31.2 Å². The van der Waals surface area contributed by atoms with Crippen molar-refractivity contribution in [2.24, 2.45) is 5.92 Å². The fourth-order valence-electron chi connectivity index (χ4n) is 4.07. The number of nitrogens with one attached hydrogen (secondary N) is 1. The number of nitrogens with zero attached hydrogens (tertiary/aromatic N) is 6. The molecule has 8 nitrogen and oxygen atoms in total. The summed E-state index contributed by atoms with van der Waals surface area (Å²) < 4.78 is 38.3. The number of carbonyl (C=O) groups is 1. The first kappa shape index (κ1) is 23.5. The van der Waals surface area contributed by atoms with Crippen molar-refractivity contribution in [2.45, 2.75) is 38.9 Å². The van der Waals surface area contributed by atoms with Crippen molar-refractivity contribution in [1.29, 1.82) is 0 Å². The van der Waals surface area contributed by atoms with E-state index in [1.165, 1.54) is 6.07 Å². The largest absolute Gasteiger partial charge is 0.435 e. The molecular weight excluding hydrogens is 447 g/mol. The van der Waals surface area contributed by atoms with E-state index in [1.807, 2.05) is 13.0 Å². The smallest absolute Gasteiger partial charge is 0.367 e. The molecule has 178 valence electrons. The number of halogens is 3. The molecule has 0 saturated carbocycles. The number of alkyl halides is 3. The third kappa shape index (κ3) is 5.13. The first-order chi connectivity index (χ1) is 16.2. The molecule has 3 aromatic rings. The highest BCUT2D eigenvalue weighted by Gasteiger charge is 2.35. The zero-order valence-electron chi connectivity index (χ0n) is 18.8. The summed E-state index contributed by atoms with van der Waals surface area (Å²) in [6, 6.07) is 7.21. The van der Waals surface area contributed by atoms with E-state index in [4.69, 9.17) is 0 Å². The van der Waals surface area contributed by atoms with Gasteiger partial charge in [-0.25, -0.2) is 15.0 Å². The molecule has 1 saturated heterocycles. The quantitative estimate of drug-likeness (QED) is 0.601. The third-order valence-electron chi connectivity index (χ3n) is 5.87. The minimum absolute atomic E-state index is 0.161. The van der Waals surface area contributed by atoms with Crippen molar-refractivity contribution in [2.75, 3.05) is 18.4 Å². The molecule has 2 unspecified atom stereocenters. The summed E-state index contributed by atoms with van der Waals surface area (Å²) in [4.78, 5) is 28.5. The highest BCUT2D eigenvalue weighted by atomic mass is 19.4. The third-order valence-corrected chi connectivity index (χ3v) is 5.87. The molecule has 1 amide bonds. The number of aryl methyl sites for hydroxylation is 1. The topological polar surface area (TPSA) is 96.8 Å². The Balaban J connectivity index is 1.57. The van der Waals surface area contributed by atoms with Gasteiger partial charge in [0.05, 0.1) is 11.6 Å². The average Bonchev–Trinajstić information content (AvgIpc) is 2.83. The molecule has 1 aliphatic heterocycles. The van der Waals surface area contributed by atoms with E-state index >= 15 is 0 Å². The number of piperidine rings is 1. The fraction of sp³-hybridized carbons (Fsp3) is 0.391. The highest BCUT2D eigenvalue weighted by molar-refractivity contribution is 5.98. The summed E-state index contributed by atoms with van der Waals surface area (Å²) in [5, 5.41) is 9.92. The number of hydrogen-bond acceptors (Lipinski definition) is 7. The van der Waals surface area contributed by atoms with E-state index in [2.05, 4.69) is 37.4 Å². The Morgan fingerprint density at radius 3 is 2.59 bits per heavy atom. The van der Waals surface area contributed by atoms with Gasteiger partial charge in [0.15, 0.2) is 11.5 Å². The Morgan fingerprint density at radius 2 is 1.91 bits per heavy atom. The molecule has 1 fully saturated rings. The SMILES string of the molecule is Cc1ccc(-c2ncccn2)c(C(=O)N2CCCC(C)C2CNc2ccc(C(F)(F)F)nn2)n1. The van der Waals surface area contributed by atoms with Crippen molar-refractivity contribution in [1.82, 2.24) is 30.0 Å². The Morgan fingerprint density at radius 1 is 1.15 bits per heavy atom. The van der Waals surface area contributed by atoms with Crippen LogP contribution < -0.4 is 5.32 Å². The first-order valence-electron chi connectivity index (χ1n) is 10.9. The van der Waals surface area contributed by atoms with Crippen molar-refractivity contribution in [3.8, 4) is 11.4 Å². The van der Waals surface area contributed by atoms with Gasteiger partial charge in [-0.1, -0.05) is 6.92 Å². The van der Waals surface area contributed by atoms with Gasteiger partial charge in [-0.05, 0) is 56.0 Å². The zero-order valence-corrected chi connectivity index (χ0v) is 18.8. The lowest BCUT2D eigenvalue weighted by Crippen LogP contribution is -2.51. The van der Waals surface area contributed by atoms with E-state index in [9.17, 15) is 18.0 Å². The zero-order chi connectivity index (χ0) is 24.3. The lowest BCUT2D eigenvalue weighted by atomic mass is 9.90. The number of amides is 1. The molecule has 4 heterocycles. The van der Waals surface area contributed by atoms with Gasteiger partial charge in [0.2, 0.25) is 0 Å². The van der Waals surface area contributed by atoms with Crippen LogP contribution in [0.25, 0.3) is 11.4 Å². The lowest BCUT2D eigenvalue weighted by molar-refractivity contribution is -0.141. The van der Waals surface area contributed by atoms with Crippen LogP contribution in [-0.4, -0.2) is 55.1 Å². The number of likely N-dealkylation sites (tertiary alicyclic amines) is 1. The molecule has 34 heavy (non-hydrogen) atoms. The second kappa shape index (κ2) is 9.70. The number of carbonyl (C=O) groups excluding carboxylic acids is 1. The Kier molecular flexibility index (Phi) is 6.71. The van der Waals surface area contributed by atoms with E-state index in [1.54, 1.807) is 29.4 Å². The molecule has 4 rings (SSSR count). The molecule has 0 aromatic carbocycles. The molecule has 1 aliphatic rings. The van der Waals surface area contributed by atoms with Gasteiger partial charge in [0.1, 0.15) is 11.5 Å². The number of rotatable bonds is 5. The number of pyridine rings is 1. The number of hydrogen-bond donors (Lipinski definition) is 1. The minimum Gasteiger partial charge on any atom is -0.367 e. The molecule has 3 aromatic heterocycles. The van der Waals surface area contributed by atoms with Crippen molar-refractivity contribution >= 4 is 11.7 Å². The summed E-state index contributed by atoms with van der Waals surface area (Å²) in [5.74, 6) is 0.556. The maximum atomic E-state index is 13.7. The fourth-order valence-corrected chi connectivity index (χ4v) is 4.07. The Bertz CT molecular complexity index is 1140. The normalized spacial score (nSPS) is 18.6. The van der Waals surface area contributed by atoms with Gasteiger partial charge in [-0.3, -0.25) is 4.79 Å². The molecule has 0 bridgehead atoms. The highest BCUT2D eigenvalue weighted by Crippen LogP contribution is 2.29. The Hall–Kier alpha value is -3.63. The summed E-state index contributed by atoms with van der Waals surface area (Å²) in [5.41, 5.74) is 0.472. The first-order valence-corrected chi connectivity index (χ1v) is 10.9. The predicted octanol–water partition coefficient (Wildman–Crippen LogP) is 4.01. The van der Waals surface area contributed by atoms with Crippen LogP contribution in [0.15, 0.2) is 42.7 Å². The summed E-state index contributed by atoms with van der Waals surface area (Å²) in [6.07, 6.45) is 0.430. The summed E-state index contributed by atoms with van der Waals surface area (Å²) in [7, 11) is 0. The van der Waals surface area contributed by atoms with Gasteiger partial charge in [0.25, 0.3) is 5.91 Å². The Labute approximate surface area is 194 Å². The second-order valence-electron chi connectivity index (χ2n) is 8.29. The molecule has 0 spiro atoms. The standard InChI is InChI=1S/C23H24F3N7O/c1-14-5-3-12-33(17(14)13-29-19-9-8-18(31-32-19)23(24,25)26)22(34)20-16(7-6-15(2)30-20)21-27-10-4-11-28-21/h4,6-11,14,17H,3,5,12-13H2,1-2H3,(H,29,32). The van der Waals surface area contributed by atoms with Crippen molar-refractivity contribution in [3.05, 3.63) is 59.8 Å². The number of anilines is 1. The van der Waals surface area contributed by atoms with E-state index in [0.717, 1.165) is 18.9 Å². The lowest BCUT2D eigenvalue weighted by Gasteiger charge is -2.40. The van der Waals surface area contributed by atoms with Crippen LogP contribution in [0.2, 0.25) is 0 Å². The van der Waals surface area contributed by atoms with Crippen molar-refractivity contribution in [3.63, 3.8) is 0 Å². The second-order valence-corrected chi connectivity index (χ2v) is 8.29. The van der Waals surface area contributed by atoms with Crippen molar-refractivity contribution < 1.29 is 18.0 Å². The maximum absolute atomic E-state index is 13.7.